The van der Waals surface area contributed by atoms with Gasteiger partial charge in [-0.15, -0.1) is 36.2 Å². The van der Waals surface area contributed by atoms with E-state index in [1.807, 2.05) is 13.0 Å². The van der Waals surface area contributed by atoms with Gasteiger partial charge in [0.2, 0.25) is 0 Å². The second-order valence-electron chi connectivity index (χ2n) is 6.24. The van der Waals surface area contributed by atoms with Gasteiger partial charge in [-0.2, -0.15) is 5.10 Å². The van der Waals surface area contributed by atoms with Gasteiger partial charge in [0.05, 0.1) is 17.8 Å². The number of hydrogen-bond acceptors (Lipinski definition) is 5. The van der Waals surface area contributed by atoms with Gasteiger partial charge in [-0.3, -0.25) is 9.89 Å². The maximum Gasteiger partial charge on any atom is 0.268 e. The Bertz CT molecular complexity index is 939. The number of aromatic nitrogens is 4. The molecule has 3 aromatic heterocycles. The molecule has 6 nitrogen and oxygen atoms in total. The van der Waals surface area contributed by atoms with Gasteiger partial charge < -0.3 is 10.3 Å². The lowest BCUT2D eigenvalue weighted by Gasteiger charge is -2.11. The molecule has 3 aromatic rings. The maximum absolute atomic E-state index is 12.4. The molecule has 0 radical (unpaired) electrons. The van der Waals surface area contributed by atoms with E-state index >= 15 is 0 Å². The van der Waals surface area contributed by atoms with E-state index in [1.54, 1.807) is 6.20 Å². The highest BCUT2D eigenvalue weighted by Crippen LogP contribution is 2.45. The SMILES string of the molecule is Cc1[nH]ncc1-c1cc2nc([C@@H]3C[C@H]4C[C@@H]4N3)[nH]c(=O)c2s1.Cl.Cl. The van der Waals surface area contributed by atoms with E-state index in [0.717, 1.165) is 39.8 Å². The van der Waals surface area contributed by atoms with Crippen LogP contribution in [0.25, 0.3) is 20.7 Å². The van der Waals surface area contributed by atoms with E-state index in [2.05, 4.69) is 20.5 Å². The molecule has 1 saturated carbocycles. The largest absolute Gasteiger partial charge is 0.308 e. The molecule has 3 N–H and O–H groups in total. The molecule has 1 aliphatic heterocycles. The first-order valence-electron chi connectivity index (χ1n) is 7.49. The van der Waals surface area contributed by atoms with Crippen LogP contribution in [0.2, 0.25) is 0 Å². The normalized spacial score (nSPS) is 24.3. The van der Waals surface area contributed by atoms with Crippen LogP contribution in [-0.2, 0) is 0 Å². The van der Waals surface area contributed by atoms with Crippen LogP contribution in [0, 0.1) is 12.8 Å². The van der Waals surface area contributed by atoms with Gasteiger partial charge in [-0.25, -0.2) is 4.98 Å². The van der Waals surface area contributed by atoms with Gasteiger partial charge >= 0.3 is 0 Å². The quantitative estimate of drug-likeness (QED) is 0.632. The Hall–Kier alpha value is -1.41. The highest BCUT2D eigenvalue weighted by atomic mass is 35.5. The van der Waals surface area contributed by atoms with Crippen LogP contribution in [0.1, 0.15) is 30.4 Å². The molecule has 0 bridgehead atoms. The van der Waals surface area contributed by atoms with Crippen molar-refractivity contribution in [2.45, 2.75) is 31.8 Å². The number of aryl methyl sites for hydroxylation is 1. The van der Waals surface area contributed by atoms with Gasteiger partial charge in [0.25, 0.3) is 5.56 Å². The van der Waals surface area contributed by atoms with Crippen LogP contribution >= 0.6 is 36.2 Å². The second kappa shape index (κ2) is 6.15. The monoisotopic (exact) mass is 385 g/mol. The molecule has 0 unspecified atom stereocenters. The summed E-state index contributed by atoms with van der Waals surface area (Å²) in [5, 5.41) is 10.5. The fraction of sp³-hybridized carbons (Fsp3) is 0.400. The van der Waals surface area contributed by atoms with Crippen molar-refractivity contribution in [2.24, 2.45) is 5.92 Å². The third kappa shape index (κ3) is 2.65. The van der Waals surface area contributed by atoms with Crippen molar-refractivity contribution in [1.29, 1.82) is 0 Å². The predicted octanol–water partition coefficient (Wildman–Crippen LogP) is 2.95. The maximum atomic E-state index is 12.4. The highest BCUT2D eigenvalue weighted by Gasteiger charge is 2.46. The van der Waals surface area contributed by atoms with Crippen LogP contribution < -0.4 is 10.9 Å². The molecule has 1 aliphatic carbocycles. The van der Waals surface area contributed by atoms with Crippen molar-refractivity contribution in [3.8, 4) is 10.4 Å². The highest BCUT2D eigenvalue weighted by molar-refractivity contribution is 7.22. The van der Waals surface area contributed by atoms with E-state index in [4.69, 9.17) is 4.98 Å². The second-order valence-corrected chi connectivity index (χ2v) is 7.29. The minimum atomic E-state index is -0.0419. The first-order chi connectivity index (χ1) is 10.7. The zero-order valence-corrected chi connectivity index (χ0v) is 15.3. The summed E-state index contributed by atoms with van der Waals surface area (Å²) in [7, 11) is 0. The Labute approximate surface area is 154 Å². The molecule has 2 aliphatic rings. The Morgan fingerprint density at radius 3 is 2.79 bits per heavy atom. The number of nitrogens with zero attached hydrogens (tertiary/aromatic N) is 2. The average Bonchev–Trinajstić information content (AvgIpc) is 2.89. The van der Waals surface area contributed by atoms with Gasteiger partial charge in [-0.05, 0) is 31.7 Å². The number of fused-ring (bicyclic) bond motifs is 2. The minimum Gasteiger partial charge on any atom is -0.308 e. The molecule has 0 aromatic carbocycles. The Balaban J connectivity index is 0.000000845. The number of nitrogens with one attached hydrogen (secondary N) is 3. The summed E-state index contributed by atoms with van der Waals surface area (Å²) in [4.78, 5) is 21.1. The number of rotatable bonds is 2. The van der Waals surface area contributed by atoms with Crippen molar-refractivity contribution >= 4 is 46.4 Å². The Kier molecular flexibility index (Phi) is 4.46. The number of halogens is 2. The van der Waals surface area contributed by atoms with Crippen LogP contribution in [0.5, 0.6) is 0 Å². The van der Waals surface area contributed by atoms with Crippen molar-refractivity contribution in [1.82, 2.24) is 25.5 Å². The zero-order chi connectivity index (χ0) is 14.8. The first-order valence-corrected chi connectivity index (χ1v) is 8.31. The lowest BCUT2D eigenvalue weighted by molar-refractivity contribution is 0.539. The molecule has 5 rings (SSSR count). The van der Waals surface area contributed by atoms with E-state index in [9.17, 15) is 4.79 Å². The molecule has 128 valence electrons. The minimum absolute atomic E-state index is 0. The molecule has 2 fully saturated rings. The third-order valence-electron chi connectivity index (χ3n) is 4.70. The Morgan fingerprint density at radius 2 is 2.12 bits per heavy atom. The van der Waals surface area contributed by atoms with E-state index in [-0.39, 0.29) is 36.4 Å². The van der Waals surface area contributed by atoms with Crippen molar-refractivity contribution in [3.63, 3.8) is 0 Å². The topological polar surface area (TPSA) is 86.5 Å². The molecule has 24 heavy (non-hydrogen) atoms. The van der Waals surface area contributed by atoms with Crippen molar-refractivity contribution in [2.75, 3.05) is 0 Å². The third-order valence-corrected chi connectivity index (χ3v) is 5.86. The van der Waals surface area contributed by atoms with Gasteiger partial charge in [0.15, 0.2) is 0 Å². The average molecular weight is 386 g/mol. The number of aromatic amines is 2. The molecule has 9 heteroatoms. The van der Waals surface area contributed by atoms with Gasteiger partial charge in [0, 0.05) is 22.2 Å². The summed E-state index contributed by atoms with van der Waals surface area (Å²) in [6.45, 7) is 1.98. The van der Waals surface area contributed by atoms with Crippen molar-refractivity contribution in [3.05, 3.63) is 34.1 Å². The Morgan fingerprint density at radius 1 is 1.29 bits per heavy atom. The van der Waals surface area contributed by atoms with Crippen LogP contribution in [-0.4, -0.2) is 26.2 Å². The van der Waals surface area contributed by atoms with Crippen LogP contribution in [0.3, 0.4) is 0 Å². The van der Waals surface area contributed by atoms with Crippen LogP contribution in [0.15, 0.2) is 17.1 Å². The van der Waals surface area contributed by atoms with E-state index in [1.165, 1.54) is 17.8 Å². The smallest absolute Gasteiger partial charge is 0.268 e. The van der Waals surface area contributed by atoms with Crippen LogP contribution in [0.4, 0.5) is 0 Å². The lowest BCUT2D eigenvalue weighted by atomic mass is 10.1. The molecule has 3 atom stereocenters. The summed E-state index contributed by atoms with van der Waals surface area (Å²) >= 11 is 1.47. The molecule has 4 heterocycles. The van der Waals surface area contributed by atoms with Gasteiger partial charge in [0.1, 0.15) is 10.5 Å². The fourth-order valence-corrected chi connectivity index (χ4v) is 4.45. The summed E-state index contributed by atoms with van der Waals surface area (Å²) in [6.07, 6.45) is 4.14. The van der Waals surface area contributed by atoms with Crippen molar-refractivity contribution < 1.29 is 0 Å². The summed E-state index contributed by atoms with van der Waals surface area (Å²) in [6, 6.07) is 2.82. The fourth-order valence-electron chi connectivity index (χ4n) is 3.39. The predicted molar refractivity (Wildman–Crippen MR) is 99.4 cm³/mol. The molecular formula is C15H17Cl2N5OS. The summed E-state index contributed by atoms with van der Waals surface area (Å²) < 4.78 is 0.683. The van der Waals surface area contributed by atoms with Gasteiger partial charge in [-0.1, -0.05) is 0 Å². The molecule has 0 spiro atoms. The number of H-pyrrole nitrogens is 2. The number of piperidine rings is 1. The molecule has 1 saturated heterocycles. The summed E-state index contributed by atoms with van der Waals surface area (Å²) in [5.41, 5.74) is 2.77. The number of thiophene rings is 1. The van der Waals surface area contributed by atoms with E-state index in [0.29, 0.717) is 10.7 Å². The van der Waals surface area contributed by atoms with E-state index < -0.39 is 0 Å². The number of hydrogen-bond donors (Lipinski definition) is 3. The zero-order valence-electron chi connectivity index (χ0n) is 12.8. The lowest BCUT2D eigenvalue weighted by Crippen LogP contribution is -2.23. The molecular weight excluding hydrogens is 369 g/mol. The first kappa shape index (κ1) is 17.4. The standard InChI is InChI=1S/C15H15N5OS.2ClH/c1-6-8(5-16-20-6)12-4-10-13(22-12)15(21)19-14(18-10)11-3-7-2-9(7)17-11;;/h4-5,7,9,11,17H,2-3H2,1H3,(H,16,20)(H,18,19,21);2*1H/t7-,9+,11+;;/m1../s1. The molecule has 0 amide bonds. The summed E-state index contributed by atoms with van der Waals surface area (Å²) in [5.74, 6) is 1.55.